The second kappa shape index (κ2) is 6.35. The zero-order valence-corrected chi connectivity index (χ0v) is 11.9. The van der Waals surface area contributed by atoms with Crippen molar-refractivity contribution in [2.45, 2.75) is 19.3 Å². The molecule has 1 fully saturated rings. The van der Waals surface area contributed by atoms with Crippen LogP contribution < -0.4 is 5.32 Å². The summed E-state index contributed by atoms with van der Waals surface area (Å²) in [6, 6.07) is 12.3. The van der Waals surface area contributed by atoms with E-state index in [-0.39, 0.29) is 0 Å². The van der Waals surface area contributed by atoms with Gasteiger partial charge in [-0.2, -0.15) is 0 Å². The van der Waals surface area contributed by atoms with Crippen LogP contribution >= 0.6 is 0 Å². The van der Waals surface area contributed by atoms with E-state index < -0.39 is 11.6 Å². The Balaban J connectivity index is 1.90. The van der Waals surface area contributed by atoms with Crippen LogP contribution in [0.15, 0.2) is 42.5 Å². The molecule has 1 unspecified atom stereocenters. The van der Waals surface area contributed by atoms with Crippen LogP contribution in [0, 0.1) is 17.6 Å². The fourth-order valence-corrected chi connectivity index (χ4v) is 3.02. The molecule has 0 aromatic heterocycles. The maximum atomic E-state index is 14.1. The molecule has 0 amide bonds. The van der Waals surface area contributed by atoms with E-state index in [1.54, 1.807) is 6.07 Å². The summed E-state index contributed by atoms with van der Waals surface area (Å²) in [5, 5.41) is 3.36. The summed E-state index contributed by atoms with van der Waals surface area (Å²) in [5.41, 5.74) is 1.95. The Kier molecular flexibility index (Phi) is 4.30. The van der Waals surface area contributed by atoms with Gasteiger partial charge in [-0.3, -0.25) is 0 Å². The van der Waals surface area contributed by atoms with Crippen LogP contribution in [0.4, 0.5) is 8.78 Å². The number of hydrogen-bond acceptors (Lipinski definition) is 1. The SMILES string of the molecule is Fc1cc(CC2CCCNC2)cc(-c2ccccc2)c1F. The molecule has 1 nitrogen and oxygen atoms in total. The smallest absolute Gasteiger partial charge is 0.166 e. The maximum absolute atomic E-state index is 14.1. The molecule has 0 aliphatic carbocycles. The minimum absolute atomic E-state index is 0.356. The van der Waals surface area contributed by atoms with E-state index in [1.165, 1.54) is 6.07 Å². The molecule has 110 valence electrons. The second-order valence-electron chi connectivity index (χ2n) is 5.72. The van der Waals surface area contributed by atoms with Gasteiger partial charge in [-0.1, -0.05) is 30.3 Å². The first-order valence-electron chi connectivity index (χ1n) is 7.48. The molecule has 0 spiro atoms. The molecule has 0 bridgehead atoms. The van der Waals surface area contributed by atoms with Crippen molar-refractivity contribution in [1.29, 1.82) is 0 Å². The van der Waals surface area contributed by atoms with E-state index >= 15 is 0 Å². The van der Waals surface area contributed by atoms with Gasteiger partial charge in [0.1, 0.15) is 0 Å². The lowest BCUT2D eigenvalue weighted by molar-refractivity contribution is 0.375. The highest BCUT2D eigenvalue weighted by molar-refractivity contribution is 5.65. The molecule has 2 aromatic rings. The predicted octanol–water partition coefficient (Wildman–Crippen LogP) is 4.17. The van der Waals surface area contributed by atoms with Crippen molar-refractivity contribution in [3.8, 4) is 11.1 Å². The van der Waals surface area contributed by atoms with E-state index in [2.05, 4.69) is 5.32 Å². The third-order valence-corrected chi connectivity index (χ3v) is 4.10. The normalized spacial score (nSPS) is 18.7. The molecule has 21 heavy (non-hydrogen) atoms. The lowest BCUT2D eigenvalue weighted by Gasteiger charge is -2.23. The summed E-state index contributed by atoms with van der Waals surface area (Å²) in [4.78, 5) is 0. The third kappa shape index (κ3) is 3.30. The summed E-state index contributed by atoms with van der Waals surface area (Å²) >= 11 is 0. The lowest BCUT2D eigenvalue weighted by atomic mass is 9.91. The first-order valence-corrected chi connectivity index (χ1v) is 7.48. The Labute approximate surface area is 124 Å². The largest absolute Gasteiger partial charge is 0.316 e. The maximum Gasteiger partial charge on any atom is 0.166 e. The summed E-state index contributed by atoms with van der Waals surface area (Å²) in [7, 11) is 0. The second-order valence-corrected chi connectivity index (χ2v) is 5.72. The predicted molar refractivity (Wildman–Crippen MR) is 81.1 cm³/mol. The Morgan fingerprint density at radius 1 is 1.10 bits per heavy atom. The van der Waals surface area contributed by atoms with Crippen LogP contribution in [-0.4, -0.2) is 13.1 Å². The Bertz CT molecular complexity index is 604. The van der Waals surface area contributed by atoms with Crippen molar-refractivity contribution in [1.82, 2.24) is 5.32 Å². The molecule has 3 rings (SSSR count). The van der Waals surface area contributed by atoms with Gasteiger partial charge in [-0.05, 0) is 61.5 Å². The van der Waals surface area contributed by atoms with Crippen LogP contribution in [0.1, 0.15) is 18.4 Å². The van der Waals surface area contributed by atoms with E-state index in [9.17, 15) is 8.78 Å². The fourth-order valence-electron chi connectivity index (χ4n) is 3.02. The van der Waals surface area contributed by atoms with E-state index in [4.69, 9.17) is 0 Å². The standard InChI is InChI=1S/C18H19F2N/c19-17-11-14(9-13-5-4-8-21-12-13)10-16(18(17)20)15-6-2-1-3-7-15/h1-3,6-7,10-11,13,21H,4-5,8-9,12H2. The summed E-state index contributed by atoms with van der Waals surface area (Å²) < 4.78 is 27.9. The molecule has 3 heteroatoms. The van der Waals surface area contributed by atoms with Crippen LogP contribution in [0.2, 0.25) is 0 Å². The molecule has 1 aliphatic rings. The number of piperidine rings is 1. The average Bonchev–Trinajstić information content (AvgIpc) is 2.52. The van der Waals surface area contributed by atoms with Gasteiger partial charge in [0.15, 0.2) is 11.6 Å². The van der Waals surface area contributed by atoms with Crippen LogP contribution in [-0.2, 0) is 6.42 Å². The quantitative estimate of drug-likeness (QED) is 0.893. The van der Waals surface area contributed by atoms with Crippen molar-refractivity contribution in [3.05, 3.63) is 59.7 Å². The van der Waals surface area contributed by atoms with Gasteiger partial charge >= 0.3 is 0 Å². The lowest BCUT2D eigenvalue weighted by Crippen LogP contribution is -2.30. The monoisotopic (exact) mass is 287 g/mol. The molecule has 1 atom stereocenters. The number of benzene rings is 2. The minimum Gasteiger partial charge on any atom is -0.316 e. The van der Waals surface area contributed by atoms with Crippen molar-refractivity contribution in [3.63, 3.8) is 0 Å². The average molecular weight is 287 g/mol. The first-order chi connectivity index (χ1) is 10.2. The van der Waals surface area contributed by atoms with Crippen molar-refractivity contribution in [2.24, 2.45) is 5.92 Å². The van der Waals surface area contributed by atoms with Crippen LogP contribution in [0.3, 0.4) is 0 Å². The molecule has 2 aromatic carbocycles. The molecule has 0 saturated carbocycles. The zero-order chi connectivity index (χ0) is 14.7. The molecule has 1 N–H and O–H groups in total. The summed E-state index contributed by atoms with van der Waals surface area (Å²) in [6.45, 7) is 2.02. The minimum atomic E-state index is -0.758. The number of halogens is 2. The number of hydrogen-bond donors (Lipinski definition) is 1. The fraction of sp³-hybridized carbons (Fsp3) is 0.333. The summed E-state index contributed by atoms with van der Waals surface area (Å²) in [5.74, 6) is -1.01. The highest BCUT2D eigenvalue weighted by atomic mass is 19.2. The molecule has 1 saturated heterocycles. The van der Waals surface area contributed by atoms with Gasteiger partial charge < -0.3 is 5.32 Å². The Morgan fingerprint density at radius 2 is 1.90 bits per heavy atom. The number of rotatable bonds is 3. The molecular weight excluding hydrogens is 268 g/mol. The van der Waals surface area contributed by atoms with Crippen molar-refractivity contribution in [2.75, 3.05) is 13.1 Å². The highest BCUT2D eigenvalue weighted by Crippen LogP contribution is 2.27. The van der Waals surface area contributed by atoms with Crippen molar-refractivity contribution < 1.29 is 8.78 Å². The van der Waals surface area contributed by atoms with E-state index in [0.717, 1.165) is 43.5 Å². The number of nitrogens with one attached hydrogen (secondary N) is 1. The first kappa shape index (κ1) is 14.2. The molecule has 1 heterocycles. The van der Waals surface area contributed by atoms with Crippen LogP contribution in [0.5, 0.6) is 0 Å². The van der Waals surface area contributed by atoms with Gasteiger partial charge in [0.25, 0.3) is 0 Å². The molecule has 0 radical (unpaired) electrons. The Hall–Kier alpha value is -1.74. The van der Waals surface area contributed by atoms with E-state index in [1.807, 2.05) is 30.3 Å². The summed E-state index contributed by atoms with van der Waals surface area (Å²) in [6.07, 6.45) is 3.09. The Morgan fingerprint density at radius 3 is 2.62 bits per heavy atom. The van der Waals surface area contributed by atoms with Crippen molar-refractivity contribution >= 4 is 0 Å². The highest BCUT2D eigenvalue weighted by Gasteiger charge is 2.17. The van der Waals surface area contributed by atoms with Gasteiger partial charge in [0.05, 0.1) is 0 Å². The van der Waals surface area contributed by atoms with Gasteiger partial charge in [-0.25, -0.2) is 8.78 Å². The van der Waals surface area contributed by atoms with Gasteiger partial charge in [0.2, 0.25) is 0 Å². The third-order valence-electron chi connectivity index (χ3n) is 4.10. The van der Waals surface area contributed by atoms with Gasteiger partial charge in [0, 0.05) is 5.56 Å². The zero-order valence-electron chi connectivity index (χ0n) is 11.9. The van der Waals surface area contributed by atoms with Crippen LogP contribution in [0.25, 0.3) is 11.1 Å². The van der Waals surface area contributed by atoms with Gasteiger partial charge in [-0.15, -0.1) is 0 Å². The molecule has 1 aliphatic heterocycles. The molecular formula is C18H19F2N. The topological polar surface area (TPSA) is 12.0 Å². The van der Waals surface area contributed by atoms with E-state index in [0.29, 0.717) is 11.5 Å².